The summed E-state index contributed by atoms with van der Waals surface area (Å²) in [7, 11) is 0. The Morgan fingerprint density at radius 2 is 0.267 bits per heavy atom. The Morgan fingerprint density at radius 3 is 0.267 bits per heavy atom. The van der Waals surface area contributed by atoms with E-state index < -0.39 is 0 Å². The van der Waals surface area contributed by atoms with Crippen molar-refractivity contribution in [1.29, 1.82) is 0 Å². The van der Waals surface area contributed by atoms with Crippen LogP contribution in [0.4, 0.5) is 0 Å². The molecule has 15 heteroatoms. The fraction of sp³-hybridized carbons (Fsp3) is 0. The zero-order chi connectivity index (χ0) is 0. The summed E-state index contributed by atoms with van der Waals surface area (Å²) < 4.78 is 0. The molecule has 15 heavy (non-hydrogen) atoms. The normalized spacial score (nSPS) is 0. The fourth-order valence-electron chi connectivity index (χ4n) is 0. The smallest absolute Gasteiger partial charge is 2.00 e. The SMILES string of the molecule is [Ga+3].[Ga+3].[Ir+4].[Ir+4].[O-2].[O-2].[O-2].[O-2].[O-2].[O-2].[O-2].[O-2].[O-2].[Zn+2].[Zn+2]. The van der Waals surface area contributed by atoms with E-state index in [0.29, 0.717) is 0 Å². The van der Waals surface area contributed by atoms with Gasteiger partial charge < -0.3 is 49.3 Å². The van der Waals surface area contributed by atoms with Crippen molar-refractivity contribution in [3.05, 3.63) is 0 Å². The molecule has 0 spiro atoms. The maximum atomic E-state index is 0. The minimum Gasteiger partial charge on any atom is -2.00 e. The van der Waals surface area contributed by atoms with Gasteiger partial charge in [-0.3, -0.25) is 0 Å². The molecule has 0 fully saturated rings. The van der Waals surface area contributed by atoms with Crippen molar-refractivity contribution in [2.24, 2.45) is 0 Å². The van der Waals surface area contributed by atoms with Gasteiger partial charge in [0.15, 0.2) is 0 Å². The van der Waals surface area contributed by atoms with Crippen molar-refractivity contribution in [1.82, 2.24) is 0 Å². The molecule has 0 aromatic rings. The molecule has 0 rings (SSSR count). The first kappa shape index (κ1) is 470. The van der Waals surface area contributed by atoms with Crippen molar-refractivity contribution in [2.75, 3.05) is 0 Å². The number of hydrogen-bond donors (Lipinski definition) is 0. The van der Waals surface area contributed by atoms with Crippen LogP contribution >= 0.6 is 0 Å². The van der Waals surface area contributed by atoms with Gasteiger partial charge in [-0.2, -0.15) is 0 Å². The molecule has 0 atom stereocenters. The zero-order valence-electron chi connectivity index (χ0n) is 6.91. The Labute approximate surface area is 166 Å². The standard InChI is InChI=1S/2Ga.2Ir.9O.2Zn/q2*+3;2*+4;9*-2;2*+2. The monoisotopic (exact) mass is 796 g/mol. The fourth-order valence-corrected chi connectivity index (χ4v) is 0. The van der Waals surface area contributed by atoms with Gasteiger partial charge in [0.25, 0.3) is 0 Å². The van der Waals surface area contributed by atoms with Crippen LogP contribution in [0.15, 0.2) is 0 Å². The molecule has 9 nitrogen and oxygen atoms in total. The van der Waals surface area contributed by atoms with Crippen LogP contribution in [0, 0.1) is 0 Å². The van der Waals surface area contributed by atoms with E-state index in [4.69, 9.17) is 0 Å². The Balaban J connectivity index is 0. The maximum Gasteiger partial charge on any atom is 4.00 e. The Hall–Kier alpha value is 3.46. The topological polar surface area (TPSA) is 256 Å². The molecular weight excluding hydrogens is 799 g/mol. The summed E-state index contributed by atoms with van der Waals surface area (Å²) in [5.74, 6) is 0. The average Bonchev–Trinajstić information content (AvgIpc) is 0. The van der Waals surface area contributed by atoms with E-state index in [1.165, 1.54) is 0 Å². The molecular formula is Ga2Ir2O9Zn2. The summed E-state index contributed by atoms with van der Waals surface area (Å²) in [4.78, 5) is 0. The van der Waals surface area contributed by atoms with Gasteiger partial charge in [-0.1, -0.05) is 0 Å². The predicted molar refractivity (Wildman–Crippen MR) is 17.7 cm³/mol. The second-order valence-electron chi connectivity index (χ2n) is 0. The number of hydrogen-bond acceptors (Lipinski definition) is 0. The minimum atomic E-state index is 0. The second-order valence-corrected chi connectivity index (χ2v) is 0. The molecule has 0 aliphatic rings. The van der Waals surface area contributed by atoms with E-state index in [9.17, 15) is 0 Å². The van der Waals surface area contributed by atoms with E-state index >= 15 is 0 Å². The molecule has 0 saturated heterocycles. The number of rotatable bonds is 0. The zero-order valence-corrected chi connectivity index (χ0v) is 22.5. The van der Waals surface area contributed by atoms with E-state index in [0.717, 1.165) is 0 Å². The Bertz CT molecular complexity index is 24.1. The molecule has 2 radical (unpaired) electrons. The summed E-state index contributed by atoms with van der Waals surface area (Å²) >= 11 is 0. The van der Waals surface area contributed by atoms with Gasteiger partial charge in [-0.05, 0) is 0 Å². The molecule has 0 bridgehead atoms. The average molecular weight is 799 g/mol. The maximum absolute atomic E-state index is 0. The van der Waals surface area contributed by atoms with Crippen LogP contribution in [0.2, 0.25) is 0 Å². The van der Waals surface area contributed by atoms with Crippen LogP contribution in [0.5, 0.6) is 0 Å². The summed E-state index contributed by atoms with van der Waals surface area (Å²) in [5.41, 5.74) is 0. The molecule has 0 heterocycles. The molecule has 0 aliphatic carbocycles. The molecule has 0 amide bonds. The van der Waals surface area contributed by atoms with Gasteiger partial charge in [0.2, 0.25) is 0 Å². The quantitative estimate of drug-likeness (QED) is 0.245. The van der Waals surface area contributed by atoms with E-state index in [-0.39, 0.29) is 168 Å². The Kier molecular flexibility index (Phi) is 12400. The third-order valence-electron chi connectivity index (χ3n) is 0. The van der Waals surface area contributed by atoms with Crippen LogP contribution in [0.3, 0.4) is 0 Å². The van der Waals surface area contributed by atoms with Gasteiger partial charge in [0.05, 0.1) is 0 Å². The molecule has 0 aromatic carbocycles. The van der Waals surface area contributed by atoms with Crippen LogP contribution in [-0.4, -0.2) is 39.6 Å². The van der Waals surface area contributed by atoms with Crippen molar-refractivity contribution in [2.45, 2.75) is 0 Å². The molecule has 82 valence electrons. The van der Waals surface area contributed by atoms with E-state index in [2.05, 4.69) is 0 Å². The summed E-state index contributed by atoms with van der Waals surface area (Å²) in [6.07, 6.45) is 0. The third-order valence-corrected chi connectivity index (χ3v) is 0. The van der Waals surface area contributed by atoms with E-state index in [1.807, 2.05) is 0 Å². The van der Waals surface area contributed by atoms with Crippen LogP contribution in [-0.2, 0) is 128 Å². The largest absolute Gasteiger partial charge is 4.00 e. The summed E-state index contributed by atoms with van der Waals surface area (Å²) in [5, 5.41) is 0. The van der Waals surface area contributed by atoms with Crippen molar-refractivity contribution in [3.8, 4) is 0 Å². The van der Waals surface area contributed by atoms with Crippen LogP contribution < -0.4 is 0 Å². The first-order chi connectivity index (χ1) is 0. The predicted octanol–water partition coefficient (Wildman–Crippen LogP) is -1.84. The first-order valence-corrected chi connectivity index (χ1v) is 0. The molecule has 0 unspecified atom stereocenters. The van der Waals surface area contributed by atoms with Gasteiger partial charge in [-0.25, -0.2) is 0 Å². The van der Waals surface area contributed by atoms with Gasteiger partial charge in [0.1, 0.15) is 0 Å². The van der Waals surface area contributed by atoms with Crippen LogP contribution in [0.1, 0.15) is 0 Å². The first-order valence-electron chi connectivity index (χ1n) is 0. The second kappa shape index (κ2) is 395. The van der Waals surface area contributed by atoms with Gasteiger partial charge >= 0.3 is 119 Å². The van der Waals surface area contributed by atoms with E-state index in [1.54, 1.807) is 0 Å². The van der Waals surface area contributed by atoms with Gasteiger partial charge in [0, 0.05) is 0 Å². The van der Waals surface area contributed by atoms with Crippen molar-refractivity contribution < 1.29 is 128 Å². The summed E-state index contributed by atoms with van der Waals surface area (Å²) in [6, 6.07) is 0. The Morgan fingerprint density at radius 1 is 0.267 bits per heavy atom. The van der Waals surface area contributed by atoms with Crippen molar-refractivity contribution >= 4 is 39.6 Å². The van der Waals surface area contributed by atoms with Gasteiger partial charge in [-0.15, -0.1) is 0 Å². The third kappa shape index (κ3) is 349. The minimum absolute atomic E-state index is 0. The molecule has 0 aliphatic heterocycles. The van der Waals surface area contributed by atoms with Crippen molar-refractivity contribution in [3.63, 3.8) is 0 Å². The summed E-state index contributed by atoms with van der Waals surface area (Å²) in [6.45, 7) is 0. The molecule has 0 N–H and O–H groups in total. The molecule has 0 aromatic heterocycles. The molecule has 0 saturated carbocycles. The van der Waals surface area contributed by atoms with Crippen LogP contribution in [0.25, 0.3) is 0 Å².